The van der Waals surface area contributed by atoms with Gasteiger partial charge in [-0.1, -0.05) is 0 Å². The Morgan fingerprint density at radius 1 is 1.53 bits per heavy atom. The van der Waals surface area contributed by atoms with Gasteiger partial charge >= 0.3 is 0 Å². The maximum atomic E-state index is 5.45. The van der Waals surface area contributed by atoms with Crippen LogP contribution in [0, 0.1) is 0 Å². The fourth-order valence-corrected chi connectivity index (χ4v) is 1.79. The van der Waals surface area contributed by atoms with Gasteiger partial charge in [-0.15, -0.1) is 0 Å². The second kappa shape index (κ2) is 7.17. The molecule has 0 aromatic carbocycles. The van der Waals surface area contributed by atoms with Crippen LogP contribution in [0.5, 0.6) is 0 Å². The summed E-state index contributed by atoms with van der Waals surface area (Å²) in [5.41, 5.74) is 0. The summed E-state index contributed by atoms with van der Waals surface area (Å²) < 4.78 is 10.6. The van der Waals surface area contributed by atoms with Crippen molar-refractivity contribution in [3.63, 3.8) is 0 Å². The van der Waals surface area contributed by atoms with Crippen LogP contribution in [0.3, 0.4) is 0 Å². The predicted octanol–water partition coefficient (Wildman–Crippen LogP) is 0.332. The predicted molar refractivity (Wildman–Crippen MR) is 61.2 cm³/mol. The van der Waals surface area contributed by atoms with Gasteiger partial charge in [0.05, 0.1) is 19.8 Å². The number of rotatable bonds is 6. The minimum absolute atomic E-state index is 0.470. The lowest BCUT2D eigenvalue weighted by Crippen LogP contribution is -2.50. The number of methoxy groups -OCH3 is 1. The van der Waals surface area contributed by atoms with E-state index < -0.39 is 0 Å². The van der Waals surface area contributed by atoms with Gasteiger partial charge in [-0.05, 0) is 13.8 Å². The van der Waals surface area contributed by atoms with E-state index in [9.17, 15) is 0 Å². The highest BCUT2D eigenvalue weighted by Crippen LogP contribution is 2.02. The van der Waals surface area contributed by atoms with E-state index in [0.29, 0.717) is 12.1 Å². The van der Waals surface area contributed by atoms with Crippen LogP contribution in [0.25, 0.3) is 0 Å². The molecule has 1 saturated heterocycles. The first-order valence-corrected chi connectivity index (χ1v) is 5.78. The van der Waals surface area contributed by atoms with E-state index in [4.69, 9.17) is 9.47 Å². The van der Waals surface area contributed by atoms with Crippen LogP contribution < -0.4 is 5.32 Å². The zero-order chi connectivity index (χ0) is 11.1. The zero-order valence-corrected chi connectivity index (χ0v) is 10.2. The van der Waals surface area contributed by atoms with Gasteiger partial charge in [0.1, 0.15) is 0 Å². The van der Waals surface area contributed by atoms with Crippen molar-refractivity contribution < 1.29 is 9.47 Å². The third-order valence-electron chi connectivity index (χ3n) is 2.77. The van der Waals surface area contributed by atoms with E-state index in [1.807, 2.05) is 0 Å². The smallest absolute Gasteiger partial charge is 0.0632 e. The molecule has 1 aliphatic heterocycles. The highest BCUT2D eigenvalue weighted by molar-refractivity contribution is 4.76. The Morgan fingerprint density at radius 3 is 2.87 bits per heavy atom. The molecule has 1 unspecified atom stereocenters. The number of morpholine rings is 1. The summed E-state index contributed by atoms with van der Waals surface area (Å²) in [6, 6.07) is 1.03. The SMILES string of the molecule is COCCN(CC1COCCN1)C(C)C. The van der Waals surface area contributed by atoms with Gasteiger partial charge in [-0.2, -0.15) is 0 Å². The van der Waals surface area contributed by atoms with Crippen molar-refractivity contribution in [2.75, 3.05) is 46.6 Å². The average Bonchev–Trinajstić information content (AvgIpc) is 2.25. The third-order valence-corrected chi connectivity index (χ3v) is 2.77. The number of nitrogens with one attached hydrogen (secondary N) is 1. The van der Waals surface area contributed by atoms with Crippen LogP contribution in [0.15, 0.2) is 0 Å². The Labute approximate surface area is 92.9 Å². The monoisotopic (exact) mass is 216 g/mol. The molecular weight excluding hydrogens is 192 g/mol. The van der Waals surface area contributed by atoms with Crippen LogP contribution in [0.2, 0.25) is 0 Å². The second-order valence-corrected chi connectivity index (χ2v) is 4.31. The molecule has 0 aliphatic carbocycles. The van der Waals surface area contributed by atoms with E-state index in [1.54, 1.807) is 7.11 Å². The molecule has 0 saturated carbocycles. The Kier molecular flexibility index (Phi) is 6.17. The normalized spacial score (nSPS) is 22.6. The van der Waals surface area contributed by atoms with Crippen LogP contribution in [0.1, 0.15) is 13.8 Å². The molecular formula is C11H24N2O2. The second-order valence-electron chi connectivity index (χ2n) is 4.31. The van der Waals surface area contributed by atoms with Crippen LogP contribution >= 0.6 is 0 Å². The molecule has 0 spiro atoms. The van der Waals surface area contributed by atoms with Crippen molar-refractivity contribution in [1.29, 1.82) is 0 Å². The highest BCUT2D eigenvalue weighted by atomic mass is 16.5. The van der Waals surface area contributed by atoms with E-state index in [2.05, 4.69) is 24.1 Å². The Bertz CT molecular complexity index is 159. The fourth-order valence-electron chi connectivity index (χ4n) is 1.79. The Balaban J connectivity index is 2.28. The summed E-state index contributed by atoms with van der Waals surface area (Å²) in [7, 11) is 1.75. The molecule has 1 fully saturated rings. The zero-order valence-electron chi connectivity index (χ0n) is 10.2. The van der Waals surface area contributed by atoms with Crippen molar-refractivity contribution in [1.82, 2.24) is 10.2 Å². The lowest BCUT2D eigenvalue weighted by atomic mass is 10.2. The van der Waals surface area contributed by atoms with Gasteiger partial charge < -0.3 is 14.8 Å². The number of hydrogen-bond donors (Lipinski definition) is 1. The number of hydrogen-bond acceptors (Lipinski definition) is 4. The van der Waals surface area contributed by atoms with Crippen LogP contribution in [-0.2, 0) is 9.47 Å². The van der Waals surface area contributed by atoms with Crippen LogP contribution in [-0.4, -0.2) is 63.5 Å². The van der Waals surface area contributed by atoms with Crippen molar-refractivity contribution in [3.8, 4) is 0 Å². The maximum Gasteiger partial charge on any atom is 0.0632 e. The average molecular weight is 216 g/mol. The Hall–Kier alpha value is -0.160. The fraction of sp³-hybridized carbons (Fsp3) is 1.00. The summed E-state index contributed by atoms with van der Waals surface area (Å²) in [6.45, 7) is 9.92. The van der Waals surface area contributed by atoms with Crippen LogP contribution in [0.4, 0.5) is 0 Å². The summed E-state index contributed by atoms with van der Waals surface area (Å²) in [4.78, 5) is 2.43. The molecule has 1 atom stereocenters. The van der Waals surface area contributed by atoms with Gasteiger partial charge in [0, 0.05) is 38.8 Å². The molecule has 0 bridgehead atoms. The first-order chi connectivity index (χ1) is 7.24. The van der Waals surface area contributed by atoms with Crippen molar-refractivity contribution >= 4 is 0 Å². The summed E-state index contributed by atoms with van der Waals surface area (Å²) in [5.74, 6) is 0. The van der Waals surface area contributed by atoms with Gasteiger partial charge in [0.2, 0.25) is 0 Å². The van der Waals surface area contributed by atoms with Crippen molar-refractivity contribution in [3.05, 3.63) is 0 Å². The van der Waals surface area contributed by atoms with Gasteiger partial charge in [-0.3, -0.25) is 4.90 Å². The molecule has 0 radical (unpaired) electrons. The lowest BCUT2D eigenvalue weighted by Gasteiger charge is -2.32. The molecule has 15 heavy (non-hydrogen) atoms. The minimum Gasteiger partial charge on any atom is -0.383 e. The van der Waals surface area contributed by atoms with Gasteiger partial charge in [0.25, 0.3) is 0 Å². The number of ether oxygens (including phenoxy) is 2. The Morgan fingerprint density at radius 2 is 2.33 bits per heavy atom. The van der Waals surface area contributed by atoms with E-state index in [1.165, 1.54) is 0 Å². The molecule has 4 heteroatoms. The maximum absolute atomic E-state index is 5.45. The molecule has 0 amide bonds. The highest BCUT2D eigenvalue weighted by Gasteiger charge is 2.18. The van der Waals surface area contributed by atoms with E-state index in [0.717, 1.165) is 39.5 Å². The number of nitrogens with zero attached hydrogens (tertiary/aromatic N) is 1. The van der Waals surface area contributed by atoms with E-state index >= 15 is 0 Å². The topological polar surface area (TPSA) is 33.7 Å². The molecule has 1 heterocycles. The van der Waals surface area contributed by atoms with Crippen molar-refractivity contribution in [2.24, 2.45) is 0 Å². The third kappa shape index (κ3) is 4.93. The molecule has 1 N–H and O–H groups in total. The first-order valence-electron chi connectivity index (χ1n) is 5.78. The van der Waals surface area contributed by atoms with Gasteiger partial charge in [-0.25, -0.2) is 0 Å². The van der Waals surface area contributed by atoms with E-state index in [-0.39, 0.29) is 0 Å². The molecule has 0 aromatic heterocycles. The molecule has 90 valence electrons. The largest absolute Gasteiger partial charge is 0.383 e. The molecule has 1 aliphatic rings. The van der Waals surface area contributed by atoms with Gasteiger partial charge in [0.15, 0.2) is 0 Å². The minimum atomic E-state index is 0.470. The lowest BCUT2D eigenvalue weighted by molar-refractivity contribution is 0.0499. The quantitative estimate of drug-likeness (QED) is 0.694. The first kappa shape index (κ1) is 12.9. The standard InChI is InChI=1S/C11H24N2O2/c1-10(2)13(5-7-14-3)8-11-9-15-6-4-12-11/h10-12H,4-9H2,1-3H3. The molecule has 1 rings (SSSR count). The summed E-state index contributed by atoms with van der Waals surface area (Å²) in [5, 5.41) is 3.47. The van der Waals surface area contributed by atoms with Crippen molar-refractivity contribution in [2.45, 2.75) is 25.9 Å². The summed E-state index contributed by atoms with van der Waals surface area (Å²) >= 11 is 0. The molecule has 4 nitrogen and oxygen atoms in total. The summed E-state index contributed by atoms with van der Waals surface area (Å²) in [6.07, 6.45) is 0. The molecule has 0 aromatic rings.